The Kier molecular flexibility index (Phi) is 6.27. The van der Waals surface area contributed by atoms with Gasteiger partial charge in [-0.15, -0.1) is 0 Å². The highest BCUT2D eigenvalue weighted by Gasteiger charge is 2.68. The molecule has 0 aliphatic heterocycles. The van der Waals surface area contributed by atoms with Crippen LogP contribution in [-0.4, -0.2) is 67.8 Å². The maximum Gasteiger partial charge on any atom is 0.260 e. The van der Waals surface area contributed by atoms with Crippen LogP contribution in [0.5, 0.6) is 0 Å². The Morgan fingerprint density at radius 2 is 1.93 bits per heavy atom. The summed E-state index contributed by atoms with van der Waals surface area (Å²) >= 11 is 0. The number of halogens is 3. The molecule has 2 amide bonds. The highest BCUT2D eigenvalue weighted by Crippen LogP contribution is 2.68. The van der Waals surface area contributed by atoms with Crippen LogP contribution in [0.25, 0.3) is 16.9 Å². The number of rotatable bonds is 10. The van der Waals surface area contributed by atoms with Crippen molar-refractivity contribution in [1.29, 1.82) is 5.26 Å². The van der Waals surface area contributed by atoms with Crippen LogP contribution >= 0.6 is 0 Å². The summed E-state index contributed by atoms with van der Waals surface area (Å²) in [6.45, 7) is 2.56. The molecule has 4 aliphatic carbocycles. The molecule has 4 N–H and O–H groups in total. The van der Waals surface area contributed by atoms with Crippen molar-refractivity contribution in [2.45, 2.75) is 62.8 Å². The minimum absolute atomic E-state index is 0.181. The highest BCUT2D eigenvalue weighted by molar-refractivity contribution is 6.00. The third-order valence-electron chi connectivity index (χ3n) is 8.57. The maximum absolute atomic E-state index is 14.4. The molecule has 13 heteroatoms. The minimum atomic E-state index is -2.91. The highest BCUT2D eigenvalue weighted by atomic mass is 19.3. The predicted molar refractivity (Wildman–Crippen MR) is 145 cm³/mol. The van der Waals surface area contributed by atoms with E-state index in [4.69, 9.17) is 0 Å². The van der Waals surface area contributed by atoms with Gasteiger partial charge in [-0.25, -0.2) is 17.7 Å². The SMILES string of the molecule is CC(C)(O)[C@H](F)CNC(=O)c1cnc(-c2ccc3cc(C#N)cnn23)cc1NC12CC(CNC(=O)[C@H]3CC3(F)F)(C1)C2. The third-order valence-corrected chi connectivity index (χ3v) is 8.57. The summed E-state index contributed by atoms with van der Waals surface area (Å²) < 4.78 is 42.4. The number of hydrogen-bond acceptors (Lipinski definition) is 7. The quantitative estimate of drug-likeness (QED) is 0.288. The smallest absolute Gasteiger partial charge is 0.260 e. The lowest BCUT2D eigenvalue weighted by atomic mass is 9.39. The number of fused-ring (bicyclic) bond motifs is 1. The number of alkyl halides is 3. The van der Waals surface area contributed by atoms with Gasteiger partial charge >= 0.3 is 0 Å². The van der Waals surface area contributed by atoms with Gasteiger partial charge in [0.15, 0.2) is 0 Å². The fraction of sp³-hybridized carbons (Fsp3) is 0.483. The minimum Gasteiger partial charge on any atom is -0.387 e. The fourth-order valence-electron chi connectivity index (χ4n) is 6.16. The molecule has 42 heavy (non-hydrogen) atoms. The number of carbonyl (C=O) groups excluding carboxylic acids is 2. The van der Waals surface area contributed by atoms with Gasteiger partial charge in [-0.05, 0) is 62.8 Å². The molecule has 0 aromatic carbocycles. The first-order chi connectivity index (χ1) is 19.7. The van der Waals surface area contributed by atoms with Crippen LogP contribution in [0.1, 0.15) is 55.5 Å². The molecule has 3 heterocycles. The number of pyridine rings is 1. The molecular formula is C29H30F3N7O3. The van der Waals surface area contributed by atoms with Gasteiger partial charge in [0, 0.05) is 24.7 Å². The molecule has 3 aromatic heterocycles. The summed E-state index contributed by atoms with van der Waals surface area (Å²) in [5.41, 5.74) is 0.726. The van der Waals surface area contributed by atoms with Crippen molar-refractivity contribution in [2.24, 2.45) is 11.3 Å². The van der Waals surface area contributed by atoms with E-state index in [0.717, 1.165) is 0 Å². The first kappa shape index (κ1) is 28.0. The second kappa shape index (κ2) is 9.42. The normalized spacial score (nSPS) is 25.9. The van der Waals surface area contributed by atoms with Crippen LogP contribution in [0.2, 0.25) is 0 Å². The standard InChI is InChI=1S/C29H30F3N7O3/c1-26(2,42)23(30)11-35-24(40)18-10-34-21(22-4-3-17-5-16(8-33)9-37-39(17)22)6-20(18)38-28-12-27(13-28,14-28)15-36-25(41)19-7-29(19,31)32/h3-6,9-10,19,23,42H,7,11-15H2,1-2H3,(H,34,38)(H,35,40)(H,36,41)/t19-,23-,27?,28?/m1/s1. The monoisotopic (exact) mass is 581 g/mol. The number of anilines is 1. The van der Waals surface area contributed by atoms with Gasteiger partial charge in [0.1, 0.15) is 18.2 Å². The first-order valence-corrected chi connectivity index (χ1v) is 13.7. The number of amides is 2. The Balaban J connectivity index is 1.21. The van der Waals surface area contributed by atoms with E-state index >= 15 is 0 Å². The van der Waals surface area contributed by atoms with E-state index in [1.807, 2.05) is 0 Å². The molecule has 0 unspecified atom stereocenters. The molecule has 2 atom stereocenters. The zero-order valence-corrected chi connectivity index (χ0v) is 23.0. The van der Waals surface area contributed by atoms with Gasteiger partial charge in [-0.1, -0.05) is 0 Å². The molecule has 2 bridgehead atoms. The predicted octanol–water partition coefficient (Wildman–Crippen LogP) is 3.21. The molecule has 3 aromatic rings. The molecule has 0 radical (unpaired) electrons. The van der Waals surface area contributed by atoms with Crippen molar-refractivity contribution in [3.63, 3.8) is 0 Å². The zero-order valence-electron chi connectivity index (χ0n) is 23.0. The molecule has 10 nitrogen and oxygen atoms in total. The van der Waals surface area contributed by atoms with Gasteiger partial charge in [0.2, 0.25) is 5.91 Å². The van der Waals surface area contributed by atoms with Crippen LogP contribution in [0.3, 0.4) is 0 Å². The van der Waals surface area contributed by atoms with E-state index in [1.165, 1.54) is 26.2 Å². The van der Waals surface area contributed by atoms with E-state index in [2.05, 4.69) is 32.1 Å². The Morgan fingerprint density at radius 3 is 2.57 bits per heavy atom. The molecule has 7 rings (SSSR count). The molecule has 4 aliphatic rings. The van der Waals surface area contributed by atoms with Crippen molar-refractivity contribution in [2.75, 3.05) is 18.4 Å². The fourth-order valence-corrected chi connectivity index (χ4v) is 6.16. The number of nitriles is 1. The summed E-state index contributed by atoms with van der Waals surface area (Å²) in [5.74, 6) is -5.33. The number of nitrogens with one attached hydrogen (secondary N) is 3. The van der Waals surface area contributed by atoms with Gasteiger partial charge in [0.25, 0.3) is 11.8 Å². The van der Waals surface area contributed by atoms with Crippen LogP contribution in [0, 0.1) is 22.7 Å². The van der Waals surface area contributed by atoms with Crippen LogP contribution in [-0.2, 0) is 4.79 Å². The molecular weight excluding hydrogens is 551 g/mol. The van der Waals surface area contributed by atoms with Gasteiger partial charge in [0.05, 0.1) is 52.1 Å². The summed E-state index contributed by atoms with van der Waals surface area (Å²) in [6, 6.07) is 9.06. The van der Waals surface area contributed by atoms with Crippen molar-refractivity contribution in [3.05, 3.63) is 47.8 Å². The van der Waals surface area contributed by atoms with Crippen LogP contribution in [0.4, 0.5) is 18.9 Å². The van der Waals surface area contributed by atoms with Gasteiger partial charge in [-0.2, -0.15) is 10.4 Å². The number of hydrogen-bond donors (Lipinski definition) is 4. The Hall–Kier alpha value is -4.18. The topological polar surface area (TPSA) is 144 Å². The lowest BCUT2D eigenvalue weighted by Gasteiger charge is -2.71. The number of nitrogens with zero attached hydrogens (tertiary/aromatic N) is 4. The number of carbonyl (C=O) groups is 2. The summed E-state index contributed by atoms with van der Waals surface area (Å²) in [6.07, 6.45) is 2.78. The summed E-state index contributed by atoms with van der Waals surface area (Å²) in [4.78, 5) is 29.7. The number of aromatic nitrogens is 3. The molecule has 0 spiro atoms. The van der Waals surface area contributed by atoms with E-state index in [1.54, 1.807) is 28.8 Å². The number of aliphatic hydroxyl groups is 1. The third kappa shape index (κ3) is 4.93. The van der Waals surface area contributed by atoms with E-state index < -0.39 is 48.4 Å². The zero-order chi connectivity index (χ0) is 30.1. The Morgan fingerprint density at radius 1 is 1.21 bits per heavy atom. The summed E-state index contributed by atoms with van der Waals surface area (Å²) in [5, 5.41) is 32.1. The van der Waals surface area contributed by atoms with Crippen LogP contribution < -0.4 is 16.0 Å². The van der Waals surface area contributed by atoms with E-state index in [-0.39, 0.29) is 16.5 Å². The Labute approximate surface area is 239 Å². The second-order valence-corrected chi connectivity index (χ2v) is 12.5. The molecule has 4 fully saturated rings. The van der Waals surface area contributed by atoms with Crippen molar-refractivity contribution in [3.8, 4) is 17.5 Å². The summed E-state index contributed by atoms with van der Waals surface area (Å²) in [7, 11) is 0. The second-order valence-electron chi connectivity index (χ2n) is 12.5. The molecule has 220 valence electrons. The largest absolute Gasteiger partial charge is 0.387 e. The van der Waals surface area contributed by atoms with Gasteiger partial charge in [-0.3, -0.25) is 14.6 Å². The average Bonchev–Trinajstić information content (AvgIpc) is 3.34. The average molecular weight is 582 g/mol. The molecule has 0 saturated heterocycles. The lowest BCUT2D eigenvalue weighted by Crippen LogP contribution is -2.73. The lowest BCUT2D eigenvalue weighted by molar-refractivity contribution is -0.135. The molecule has 4 saturated carbocycles. The van der Waals surface area contributed by atoms with E-state index in [9.17, 15) is 33.1 Å². The first-order valence-electron chi connectivity index (χ1n) is 13.7. The van der Waals surface area contributed by atoms with Crippen LogP contribution in [0.15, 0.2) is 36.7 Å². The van der Waals surface area contributed by atoms with E-state index in [0.29, 0.717) is 54.0 Å². The van der Waals surface area contributed by atoms with Crippen molar-refractivity contribution >= 4 is 23.0 Å². The Bertz CT molecular complexity index is 1620. The van der Waals surface area contributed by atoms with Crippen molar-refractivity contribution in [1.82, 2.24) is 25.2 Å². The maximum atomic E-state index is 14.4. The van der Waals surface area contributed by atoms with Gasteiger partial charge < -0.3 is 21.1 Å². The van der Waals surface area contributed by atoms with Crippen molar-refractivity contribution < 1.29 is 27.9 Å².